The highest BCUT2D eigenvalue weighted by Gasteiger charge is 2.40. The molecule has 0 saturated carbocycles. The van der Waals surface area contributed by atoms with Crippen LogP contribution in [0.2, 0.25) is 0 Å². The van der Waals surface area contributed by atoms with Gasteiger partial charge in [0.15, 0.2) is 0 Å². The van der Waals surface area contributed by atoms with Crippen LogP contribution in [0.4, 0.5) is 13.2 Å². The molecule has 0 bridgehead atoms. The van der Waals surface area contributed by atoms with Crippen molar-refractivity contribution in [3.63, 3.8) is 0 Å². The van der Waals surface area contributed by atoms with E-state index >= 15 is 0 Å². The van der Waals surface area contributed by atoms with Gasteiger partial charge in [-0.2, -0.15) is 13.2 Å². The SMILES string of the molecule is C#CCO[C@H]1C[C@H](n2cc(C(F)(F)F)c(=O)[nH]c2=O)O[C@@H]1COC(=S)OCCC. The topological polar surface area (TPSA) is 91.8 Å². The monoisotopic (exact) mass is 436 g/mol. The lowest BCUT2D eigenvalue weighted by molar-refractivity contribution is -0.139. The van der Waals surface area contributed by atoms with E-state index in [2.05, 4.69) is 5.92 Å². The van der Waals surface area contributed by atoms with Crippen LogP contribution in [0, 0.1) is 12.3 Å². The number of hydrogen-bond donors (Lipinski definition) is 1. The summed E-state index contributed by atoms with van der Waals surface area (Å²) in [6, 6.07) is 0. The second-order valence-electron chi connectivity index (χ2n) is 6.04. The summed E-state index contributed by atoms with van der Waals surface area (Å²) in [5.74, 6) is 2.28. The van der Waals surface area contributed by atoms with Crippen LogP contribution in [0.15, 0.2) is 15.8 Å². The molecule has 8 nitrogen and oxygen atoms in total. The molecule has 29 heavy (non-hydrogen) atoms. The van der Waals surface area contributed by atoms with Gasteiger partial charge in [-0.05, 0) is 6.42 Å². The Morgan fingerprint density at radius 3 is 2.79 bits per heavy atom. The lowest BCUT2D eigenvalue weighted by Crippen LogP contribution is -2.36. The summed E-state index contributed by atoms with van der Waals surface area (Å²) < 4.78 is 61.2. The van der Waals surface area contributed by atoms with Crippen LogP contribution in [0.5, 0.6) is 0 Å². The number of rotatable bonds is 7. The number of alkyl halides is 3. The van der Waals surface area contributed by atoms with Crippen molar-refractivity contribution in [1.29, 1.82) is 0 Å². The zero-order valence-corrected chi connectivity index (χ0v) is 16.2. The van der Waals surface area contributed by atoms with E-state index in [4.69, 9.17) is 37.6 Å². The smallest absolute Gasteiger partial charge is 0.423 e. The van der Waals surface area contributed by atoms with Gasteiger partial charge < -0.3 is 18.9 Å². The molecule has 1 aliphatic heterocycles. The normalized spacial score (nSPS) is 21.6. The summed E-state index contributed by atoms with van der Waals surface area (Å²) in [6.45, 7) is 2.03. The van der Waals surface area contributed by atoms with E-state index in [0.29, 0.717) is 17.4 Å². The highest BCUT2D eigenvalue weighted by molar-refractivity contribution is 7.79. The number of nitrogens with zero attached hydrogens (tertiary/aromatic N) is 1. The van der Waals surface area contributed by atoms with Gasteiger partial charge in [0.05, 0.1) is 12.7 Å². The van der Waals surface area contributed by atoms with Crippen LogP contribution >= 0.6 is 12.2 Å². The van der Waals surface area contributed by atoms with Gasteiger partial charge in [-0.3, -0.25) is 14.3 Å². The van der Waals surface area contributed by atoms with Gasteiger partial charge in [0.2, 0.25) is 0 Å². The molecule has 0 unspecified atom stereocenters. The fraction of sp³-hybridized carbons (Fsp3) is 0.588. The summed E-state index contributed by atoms with van der Waals surface area (Å²) in [5, 5.41) is -0.116. The quantitative estimate of drug-likeness (QED) is 0.513. The number of ether oxygens (including phenoxy) is 4. The first-order valence-electron chi connectivity index (χ1n) is 8.60. The largest absolute Gasteiger partial charge is 0.457 e. The van der Waals surface area contributed by atoms with E-state index in [9.17, 15) is 22.8 Å². The van der Waals surface area contributed by atoms with Crippen molar-refractivity contribution < 1.29 is 32.1 Å². The number of H-pyrrole nitrogens is 1. The first-order valence-corrected chi connectivity index (χ1v) is 9.01. The first kappa shape index (κ1) is 22.9. The molecule has 0 radical (unpaired) electrons. The molecule has 12 heteroatoms. The molecule has 3 atom stereocenters. The third kappa shape index (κ3) is 6.06. The Balaban J connectivity index is 2.20. The van der Waals surface area contributed by atoms with Gasteiger partial charge >= 0.3 is 17.1 Å². The highest BCUT2D eigenvalue weighted by atomic mass is 32.1. The standard InChI is InChI=1S/C17H19F3N2O6S/c1-3-5-25-11-7-13(28-12(11)9-27-16(29)26-6-4-2)22-8-10(17(18,19)20)14(23)21-15(22)24/h1,8,11-13H,4-7,9H2,2H3,(H,21,23,24)/t11-,12+,13+/m0/s1. The Hall–Kier alpha value is -2.36. The lowest BCUT2D eigenvalue weighted by atomic mass is 10.2. The summed E-state index contributed by atoms with van der Waals surface area (Å²) in [6.07, 6.45) is -1.23. The van der Waals surface area contributed by atoms with Crippen molar-refractivity contribution >= 4 is 17.5 Å². The molecular weight excluding hydrogens is 417 g/mol. The Morgan fingerprint density at radius 2 is 2.17 bits per heavy atom. The van der Waals surface area contributed by atoms with Crippen molar-refractivity contribution in [2.45, 2.75) is 44.4 Å². The minimum atomic E-state index is -4.94. The number of halogens is 3. The van der Waals surface area contributed by atoms with E-state index in [1.807, 2.05) is 6.92 Å². The van der Waals surface area contributed by atoms with Crippen molar-refractivity contribution in [3.8, 4) is 12.3 Å². The Morgan fingerprint density at radius 1 is 1.45 bits per heavy atom. The first-order chi connectivity index (χ1) is 13.7. The number of nitrogens with one attached hydrogen (secondary N) is 1. The van der Waals surface area contributed by atoms with Crippen LogP contribution in [-0.2, 0) is 25.1 Å². The van der Waals surface area contributed by atoms with Crippen LogP contribution in [0.25, 0.3) is 0 Å². The summed E-state index contributed by atoms with van der Waals surface area (Å²) >= 11 is 4.90. The molecule has 160 valence electrons. The minimum Gasteiger partial charge on any atom is -0.457 e. The molecule has 2 rings (SSSR count). The Labute approximate surface area is 168 Å². The number of hydrogen-bond acceptors (Lipinski definition) is 7. The molecule has 2 heterocycles. The van der Waals surface area contributed by atoms with Crippen molar-refractivity contribution in [1.82, 2.24) is 9.55 Å². The lowest BCUT2D eigenvalue weighted by Gasteiger charge is -2.19. The molecular formula is C17H19F3N2O6S. The van der Waals surface area contributed by atoms with Gasteiger partial charge in [-0.15, -0.1) is 6.42 Å². The third-order valence-corrected chi connectivity index (χ3v) is 4.17. The average molecular weight is 436 g/mol. The molecule has 1 N–H and O–H groups in total. The Bertz CT molecular complexity index is 876. The molecule has 0 amide bonds. The third-order valence-electron chi connectivity index (χ3n) is 3.93. The fourth-order valence-corrected chi connectivity index (χ4v) is 2.78. The molecule has 1 saturated heterocycles. The van der Waals surface area contributed by atoms with Crippen LogP contribution < -0.4 is 11.2 Å². The van der Waals surface area contributed by atoms with Crippen molar-refractivity contribution in [3.05, 3.63) is 32.6 Å². The Kier molecular flexibility index (Phi) is 7.83. The molecule has 0 aromatic carbocycles. The molecule has 1 aromatic heterocycles. The molecule has 1 aliphatic rings. The summed E-state index contributed by atoms with van der Waals surface area (Å²) in [5.41, 5.74) is -4.10. The zero-order chi connectivity index (χ0) is 21.6. The van der Waals surface area contributed by atoms with Crippen molar-refractivity contribution in [2.24, 2.45) is 0 Å². The maximum atomic E-state index is 13.0. The molecule has 1 fully saturated rings. The maximum Gasteiger partial charge on any atom is 0.423 e. The molecule has 0 spiro atoms. The van der Waals surface area contributed by atoms with Crippen molar-refractivity contribution in [2.75, 3.05) is 19.8 Å². The maximum absolute atomic E-state index is 13.0. The average Bonchev–Trinajstić information content (AvgIpc) is 3.04. The van der Waals surface area contributed by atoms with E-state index in [1.165, 1.54) is 0 Å². The summed E-state index contributed by atoms with van der Waals surface area (Å²) in [7, 11) is 0. The number of aromatic amines is 1. The van der Waals surface area contributed by atoms with E-state index in [1.54, 1.807) is 4.98 Å². The van der Waals surface area contributed by atoms with Gasteiger partial charge in [0, 0.05) is 24.8 Å². The number of thiocarbonyl (C=S) groups is 1. The van der Waals surface area contributed by atoms with Gasteiger partial charge in [-0.1, -0.05) is 12.8 Å². The van der Waals surface area contributed by atoms with E-state index in [-0.39, 0.29) is 24.9 Å². The predicted octanol–water partition coefficient (Wildman–Crippen LogP) is 1.59. The van der Waals surface area contributed by atoms with E-state index < -0.39 is 41.4 Å². The van der Waals surface area contributed by atoms with Gasteiger partial charge in [0.1, 0.15) is 31.1 Å². The van der Waals surface area contributed by atoms with Gasteiger partial charge in [0.25, 0.3) is 5.56 Å². The highest BCUT2D eigenvalue weighted by Crippen LogP contribution is 2.32. The van der Waals surface area contributed by atoms with Crippen LogP contribution in [0.1, 0.15) is 31.6 Å². The van der Waals surface area contributed by atoms with Crippen LogP contribution in [0.3, 0.4) is 0 Å². The van der Waals surface area contributed by atoms with E-state index in [0.717, 1.165) is 6.42 Å². The number of terminal acetylenes is 1. The zero-order valence-electron chi connectivity index (χ0n) is 15.4. The number of aromatic nitrogens is 2. The molecule has 0 aliphatic carbocycles. The van der Waals surface area contributed by atoms with Crippen LogP contribution in [-0.4, -0.2) is 46.8 Å². The second-order valence-corrected chi connectivity index (χ2v) is 6.37. The fourth-order valence-electron chi connectivity index (χ4n) is 2.63. The molecule has 1 aromatic rings. The second kappa shape index (κ2) is 9.91. The predicted molar refractivity (Wildman–Crippen MR) is 98.2 cm³/mol. The van der Waals surface area contributed by atoms with Gasteiger partial charge in [-0.25, -0.2) is 4.79 Å². The minimum absolute atomic E-state index is 0.00152. The summed E-state index contributed by atoms with van der Waals surface area (Å²) in [4.78, 5) is 25.1.